The average Bonchev–Trinajstić information content (AvgIpc) is 1.67. The Kier molecular flexibility index (Phi) is 31.3. The van der Waals surface area contributed by atoms with Crippen LogP contribution < -0.4 is 9.47 Å². The van der Waals surface area contributed by atoms with Gasteiger partial charge in [0, 0.05) is 92.8 Å². The van der Waals surface area contributed by atoms with Crippen LogP contribution in [0.1, 0.15) is 242 Å². The van der Waals surface area contributed by atoms with E-state index in [2.05, 4.69) is 73.2 Å². The molecule has 0 radical (unpaired) electrons. The summed E-state index contributed by atoms with van der Waals surface area (Å²) in [6.07, 6.45) is 20.9. The smallest absolute Gasteiger partial charge is 0.416 e. The van der Waals surface area contributed by atoms with Crippen molar-refractivity contribution in [3.05, 3.63) is 227 Å². The van der Waals surface area contributed by atoms with Crippen LogP contribution in [-0.4, -0.2) is 134 Å². The number of carbonyl (C=O) groups is 4. The fourth-order valence-electron chi connectivity index (χ4n) is 16.0. The summed E-state index contributed by atoms with van der Waals surface area (Å²) in [7, 11) is 0. The topological polar surface area (TPSA) is 223 Å². The predicted molar refractivity (Wildman–Crippen MR) is 459 cm³/mol. The van der Waals surface area contributed by atoms with E-state index in [1.54, 1.807) is 34.5 Å². The summed E-state index contributed by atoms with van der Waals surface area (Å²) >= 11 is 0. The molecule has 8 aromatic heterocycles. The maximum absolute atomic E-state index is 13.7. The maximum Gasteiger partial charge on any atom is 0.416 e. The summed E-state index contributed by atoms with van der Waals surface area (Å²) < 4.78 is 86.0. The minimum absolute atomic E-state index is 0.00242. The first-order valence-electron chi connectivity index (χ1n) is 43.1. The lowest BCUT2D eigenvalue weighted by Crippen LogP contribution is -2.35. The number of hydrogen-bond acceptors (Lipinski definition) is 14. The van der Waals surface area contributed by atoms with Crippen LogP contribution in [0.3, 0.4) is 0 Å². The number of aromatic nitrogens is 12. The molecule has 12 aromatic rings. The number of unbranched alkanes of at least 4 members (excludes halogenated alkanes) is 4. The average molecular weight is 1660 g/mol. The van der Waals surface area contributed by atoms with Crippen molar-refractivity contribution >= 4 is 68.3 Å². The Balaban J connectivity index is 0.000000148. The van der Waals surface area contributed by atoms with E-state index in [9.17, 15) is 41.1 Å². The number of nitrogens with zero attached hydrogens (tertiary/aromatic N) is 16. The highest BCUT2D eigenvalue weighted by Crippen LogP contribution is 2.38. The number of ether oxygens (including phenoxy) is 2. The van der Waals surface area contributed by atoms with Crippen LogP contribution in [0.5, 0.6) is 11.5 Å². The van der Waals surface area contributed by atoms with E-state index in [0.717, 1.165) is 189 Å². The van der Waals surface area contributed by atoms with Crippen LogP contribution in [0.25, 0.3) is 44.7 Å². The van der Waals surface area contributed by atoms with Crippen molar-refractivity contribution in [1.29, 1.82) is 0 Å². The molecule has 27 heteroatoms. The van der Waals surface area contributed by atoms with Gasteiger partial charge in [-0.1, -0.05) is 143 Å². The van der Waals surface area contributed by atoms with Gasteiger partial charge < -0.3 is 47.3 Å². The Morgan fingerprint density at radius 3 is 1.40 bits per heavy atom. The van der Waals surface area contributed by atoms with Gasteiger partial charge in [-0.25, -0.2) is 48.7 Å². The lowest BCUT2D eigenvalue weighted by molar-refractivity contribution is -0.137. The first kappa shape index (κ1) is 88.8. The zero-order valence-corrected chi connectivity index (χ0v) is 70.9. The highest BCUT2D eigenvalue weighted by molar-refractivity contribution is 5.96. The second-order valence-corrected chi connectivity index (χ2v) is 32.3. The van der Waals surface area contributed by atoms with Crippen molar-refractivity contribution in [1.82, 2.24) is 77.7 Å². The van der Waals surface area contributed by atoms with Crippen molar-refractivity contribution < 1.29 is 50.6 Å². The van der Waals surface area contributed by atoms with Gasteiger partial charge >= 0.3 is 6.18 Å². The predicted octanol–water partition coefficient (Wildman–Crippen LogP) is 20.4. The van der Waals surface area contributed by atoms with Crippen LogP contribution in [0, 0.1) is 23.5 Å². The molecule has 4 aromatic carbocycles. The van der Waals surface area contributed by atoms with E-state index in [1.807, 2.05) is 132 Å². The summed E-state index contributed by atoms with van der Waals surface area (Å²) in [6, 6.07) is 39.3. The number of fused-ring (bicyclic) bond motifs is 5. The largest absolute Gasteiger partial charge is 0.454 e. The third-order valence-corrected chi connectivity index (χ3v) is 22.1. The Bertz CT molecular complexity index is 5420. The number of imidazole rings is 4. The van der Waals surface area contributed by atoms with Gasteiger partial charge in [-0.3, -0.25) is 19.2 Å². The normalized spacial score (nSPS) is 13.4. The molecule has 9 heterocycles. The number of pyridine rings is 4. The standard InChI is InChI=1S/C25H30N4O3.C23H27F3N4O.C23H26F2N4O.C23H30N4O/c1-2-3-6-14-28(25(30)18-11-12-21-22(15-18)32-17-31-21)16-23-27-20-10-7-13-26-24(20)29(23)19-8-4-5-9-19;1-3-5-6-14-29(22(31)17-9-7-10-18(15-17)23(24,25)26)16-20-28-19-11-8-12-27-21(19)30(20)13-4-2;1-15(2)13-28(23(30)16-9-10-18(24)19(25)12-16)14-21-27-20-8-5-11-26-22(20)29(21)17-6-3-4-7-17;1-4-14-27-21(25-20-11-8-13-24-23(20)27)17-26(15-12-18(2)3)22(28)16-19-9-6-5-7-10-19/h7,10-13,15,19H,2-6,8-9,14,16-17H2,1H3;7-12,15H,3-6,13-14,16H2,1-2H3;5,8-12,15,17H,3-4,6-7,13-14H2,1-2H3;5-11,13,18H,4,12,14-17H2,1-3H3. The van der Waals surface area contributed by atoms with E-state index < -0.39 is 29.3 Å². The van der Waals surface area contributed by atoms with Gasteiger partial charge in [-0.2, -0.15) is 13.2 Å². The van der Waals surface area contributed by atoms with E-state index >= 15 is 0 Å². The zero-order chi connectivity index (χ0) is 85.5. The SMILES string of the molecule is CC(C)CN(Cc1nc2cccnc2n1C1CCCC1)C(=O)c1ccc(F)c(F)c1.CCCCCN(Cc1nc2cccnc2n1C1CCCC1)C(=O)c1ccc2c(c1)OCO2.CCCCCN(Cc1nc2cccnc2n1CCC)C(=O)c1cccc(C(F)(F)F)c1.CCCn1c(CN(CCC(C)C)C(=O)Cc2ccccc2)nc2cccnc21. The van der Waals surface area contributed by atoms with E-state index in [0.29, 0.717) is 93.1 Å². The van der Waals surface area contributed by atoms with Gasteiger partial charge in [0.25, 0.3) is 17.7 Å². The molecule has 4 amide bonds. The van der Waals surface area contributed by atoms with Crippen LogP contribution in [0.15, 0.2) is 164 Å². The third kappa shape index (κ3) is 23.0. The molecule has 0 saturated heterocycles. The molecule has 2 saturated carbocycles. The maximum atomic E-state index is 13.7. The van der Waals surface area contributed by atoms with Crippen molar-refractivity contribution in [2.24, 2.45) is 11.8 Å². The van der Waals surface area contributed by atoms with Crippen LogP contribution >= 0.6 is 0 Å². The molecule has 0 N–H and O–H groups in total. The van der Waals surface area contributed by atoms with E-state index in [-0.39, 0.29) is 48.1 Å². The quantitative estimate of drug-likeness (QED) is 0.0283. The molecule has 15 rings (SSSR count). The summed E-state index contributed by atoms with van der Waals surface area (Å²) in [5, 5.41) is 0. The van der Waals surface area contributed by atoms with Crippen LogP contribution in [0.4, 0.5) is 22.0 Å². The zero-order valence-electron chi connectivity index (χ0n) is 70.9. The van der Waals surface area contributed by atoms with Gasteiger partial charge in [0.2, 0.25) is 12.7 Å². The van der Waals surface area contributed by atoms with Gasteiger partial charge in [-0.15, -0.1) is 0 Å². The van der Waals surface area contributed by atoms with Crippen molar-refractivity contribution in [2.75, 3.05) is 33.0 Å². The number of carbonyl (C=O) groups excluding carboxylic acids is 4. The molecule has 0 bridgehead atoms. The molecule has 22 nitrogen and oxygen atoms in total. The molecule has 0 spiro atoms. The van der Waals surface area contributed by atoms with Crippen LogP contribution in [0.2, 0.25) is 0 Å². The molecule has 0 unspecified atom stereocenters. The first-order valence-corrected chi connectivity index (χ1v) is 43.1. The highest BCUT2D eigenvalue weighted by Gasteiger charge is 2.34. The summed E-state index contributed by atoms with van der Waals surface area (Å²) in [5.41, 5.74) is 7.77. The molecule has 1 aliphatic heterocycles. The molecule has 0 atom stereocenters. The second-order valence-electron chi connectivity index (χ2n) is 32.3. The third-order valence-electron chi connectivity index (χ3n) is 22.1. The number of aryl methyl sites for hydroxylation is 2. The van der Waals surface area contributed by atoms with Gasteiger partial charge in [0.05, 0.1) is 38.2 Å². The van der Waals surface area contributed by atoms with E-state index in [1.165, 1.54) is 43.9 Å². The Hall–Kier alpha value is -11.5. The van der Waals surface area contributed by atoms with Crippen molar-refractivity contribution in [3.63, 3.8) is 0 Å². The van der Waals surface area contributed by atoms with Crippen LogP contribution in [-0.2, 0) is 56.7 Å². The Labute approximate surface area is 705 Å². The Morgan fingerprint density at radius 1 is 0.446 bits per heavy atom. The Morgan fingerprint density at radius 2 is 0.901 bits per heavy atom. The van der Waals surface area contributed by atoms with Gasteiger partial charge in [-0.05, 0) is 178 Å². The molecule has 121 heavy (non-hydrogen) atoms. The number of alkyl halides is 3. The fraction of sp³-hybridized carbons (Fsp3) is 0.447. The summed E-state index contributed by atoms with van der Waals surface area (Å²) in [6.45, 7) is 22.5. The second kappa shape index (κ2) is 42.6. The minimum Gasteiger partial charge on any atom is -0.454 e. The molecule has 3 aliphatic rings. The highest BCUT2D eigenvalue weighted by atomic mass is 19.4. The minimum atomic E-state index is -4.50. The number of halogens is 5. The summed E-state index contributed by atoms with van der Waals surface area (Å²) in [5.74, 6) is 2.79. The van der Waals surface area contributed by atoms with Gasteiger partial charge in [0.15, 0.2) is 45.7 Å². The number of rotatable bonds is 32. The molecule has 2 fully saturated rings. The lowest BCUT2D eigenvalue weighted by atomic mass is 10.1. The first-order chi connectivity index (χ1) is 58.6. The van der Waals surface area contributed by atoms with Crippen molar-refractivity contribution in [2.45, 2.75) is 228 Å². The number of amides is 4. The van der Waals surface area contributed by atoms with E-state index in [4.69, 9.17) is 24.4 Å². The molecule has 640 valence electrons. The molecular weight excluding hydrogens is 1540 g/mol. The molecular formula is C94H113F5N16O6. The van der Waals surface area contributed by atoms with Gasteiger partial charge in [0.1, 0.15) is 45.4 Å². The monoisotopic (exact) mass is 1660 g/mol. The molecule has 2 aliphatic carbocycles. The summed E-state index contributed by atoms with van der Waals surface area (Å²) in [4.78, 5) is 97.5. The van der Waals surface area contributed by atoms with Crippen molar-refractivity contribution in [3.8, 4) is 11.5 Å². The number of benzene rings is 4. The fourth-order valence-corrected chi connectivity index (χ4v) is 16.0. The number of hydrogen-bond donors (Lipinski definition) is 0. The lowest BCUT2D eigenvalue weighted by Gasteiger charge is -2.26.